The summed E-state index contributed by atoms with van der Waals surface area (Å²) in [5, 5.41) is 9.66. The van der Waals surface area contributed by atoms with E-state index in [4.69, 9.17) is 14.2 Å². The van der Waals surface area contributed by atoms with Gasteiger partial charge in [-0.25, -0.2) is 0 Å². The fraction of sp³-hybridized carbons (Fsp3) is 1.00. The third-order valence-electron chi connectivity index (χ3n) is 5.78. The van der Waals surface area contributed by atoms with Crippen LogP contribution in [0, 0.1) is 5.92 Å². The molecule has 24 heavy (non-hydrogen) atoms. The first-order valence-electron chi connectivity index (χ1n) is 9.57. The summed E-state index contributed by atoms with van der Waals surface area (Å²) in [6.45, 7) is 10.4. The van der Waals surface area contributed by atoms with Gasteiger partial charge in [-0.15, -0.1) is 0 Å². The molecular weight excluding hydrogens is 308 g/mol. The van der Waals surface area contributed by atoms with Crippen molar-refractivity contribution in [3.8, 4) is 0 Å². The second-order valence-electron chi connectivity index (χ2n) is 8.70. The smallest absolute Gasteiger partial charge is 0.200 e. The van der Waals surface area contributed by atoms with Gasteiger partial charge < -0.3 is 19.3 Å². The first-order valence-corrected chi connectivity index (χ1v) is 9.57. The van der Waals surface area contributed by atoms with Gasteiger partial charge in [0.15, 0.2) is 18.8 Å². The van der Waals surface area contributed by atoms with Crippen molar-refractivity contribution in [3.63, 3.8) is 0 Å². The maximum Gasteiger partial charge on any atom is 0.200 e. The molecule has 0 aromatic rings. The summed E-state index contributed by atoms with van der Waals surface area (Å²) in [7, 11) is 0. The molecule has 0 bridgehead atoms. The average molecular weight is 340 g/mol. The predicted octanol–water partition coefficient (Wildman–Crippen LogP) is 1.38. The van der Waals surface area contributed by atoms with Crippen LogP contribution in [0.3, 0.4) is 0 Å². The second-order valence-corrected chi connectivity index (χ2v) is 8.70. The van der Waals surface area contributed by atoms with Crippen molar-refractivity contribution >= 4 is 0 Å². The van der Waals surface area contributed by atoms with E-state index < -0.39 is 6.29 Å². The minimum Gasteiger partial charge on any atom is -0.366 e. The third-order valence-corrected chi connectivity index (χ3v) is 5.78. The minimum absolute atomic E-state index is 0.0611. The number of aliphatic hydroxyl groups is 1. The maximum absolute atomic E-state index is 9.66. The number of nitrogens with zero attached hydrogens (tertiary/aromatic N) is 2. The Bertz CT molecular complexity index is 447. The summed E-state index contributed by atoms with van der Waals surface area (Å²) in [6.07, 6.45) is 4.67. The Morgan fingerprint density at radius 1 is 0.958 bits per heavy atom. The second kappa shape index (κ2) is 6.49. The van der Waals surface area contributed by atoms with Gasteiger partial charge in [0.2, 0.25) is 0 Å². The summed E-state index contributed by atoms with van der Waals surface area (Å²) in [6, 6.07) is 0.574. The van der Waals surface area contributed by atoms with E-state index in [1.165, 1.54) is 25.7 Å². The molecule has 0 aromatic heterocycles. The first-order chi connectivity index (χ1) is 11.4. The van der Waals surface area contributed by atoms with Crippen molar-refractivity contribution in [2.45, 2.75) is 83.0 Å². The first kappa shape index (κ1) is 17.2. The Morgan fingerprint density at radius 3 is 2.21 bits per heavy atom. The van der Waals surface area contributed by atoms with Crippen molar-refractivity contribution < 1.29 is 19.3 Å². The molecule has 6 heteroatoms. The highest BCUT2D eigenvalue weighted by atomic mass is 16.8. The zero-order valence-electron chi connectivity index (χ0n) is 15.2. The lowest BCUT2D eigenvalue weighted by atomic mass is 9.81. The molecule has 0 spiro atoms. The van der Waals surface area contributed by atoms with Gasteiger partial charge >= 0.3 is 0 Å². The van der Waals surface area contributed by atoms with Crippen LogP contribution in [0.5, 0.6) is 0 Å². The van der Waals surface area contributed by atoms with Gasteiger partial charge in [-0.3, -0.25) is 9.80 Å². The van der Waals surface area contributed by atoms with E-state index in [1.54, 1.807) is 0 Å². The highest BCUT2D eigenvalue weighted by Crippen LogP contribution is 2.40. The molecule has 0 aromatic carbocycles. The lowest BCUT2D eigenvalue weighted by Crippen LogP contribution is -2.54. The molecule has 3 heterocycles. The molecule has 6 unspecified atom stereocenters. The van der Waals surface area contributed by atoms with E-state index in [0.29, 0.717) is 12.0 Å². The molecule has 4 aliphatic rings. The van der Waals surface area contributed by atoms with Crippen molar-refractivity contribution in [1.29, 1.82) is 0 Å². The summed E-state index contributed by atoms with van der Waals surface area (Å²) in [5.41, 5.74) is -0.151. The molecule has 0 amide bonds. The third kappa shape index (κ3) is 3.79. The molecule has 4 rings (SSSR count). The molecule has 1 N–H and O–H groups in total. The van der Waals surface area contributed by atoms with Crippen LogP contribution < -0.4 is 0 Å². The van der Waals surface area contributed by atoms with E-state index in [2.05, 4.69) is 30.6 Å². The Morgan fingerprint density at radius 2 is 1.58 bits per heavy atom. The molecule has 4 fully saturated rings. The zero-order chi connectivity index (χ0) is 16.9. The summed E-state index contributed by atoms with van der Waals surface area (Å²) < 4.78 is 17.0. The SMILES string of the molecule is CC(C)(C)OC1OC1N1CCN(C2CCCCC2C2OC2O)CC1. The normalized spacial score (nSPS) is 44.5. The van der Waals surface area contributed by atoms with E-state index >= 15 is 0 Å². The van der Waals surface area contributed by atoms with Crippen LogP contribution in [0.2, 0.25) is 0 Å². The van der Waals surface area contributed by atoms with Crippen LogP contribution >= 0.6 is 0 Å². The summed E-state index contributed by atoms with van der Waals surface area (Å²) in [4.78, 5) is 5.03. The van der Waals surface area contributed by atoms with E-state index in [9.17, 15) is 5.11 Å². The topological polar surface area (TPSA) is 61.0 Å². The highest BCUT2D eigenvalue weighted by Gasteiger charge is 2.51. The van der Waals surface area contributed by atoms with Crippen LogP contribution in [-0.2, 0) is 14.2 Å². The number of ether oxygens (including phenoxy) is 3. The van der Waals surface area contributed by atoms with Crippen LogP contribution in [-0.4, -0.2) is 77.6 Å². The molecule has 6 atom stereocenters. The monoisotopic (exact) mass is 340 g/mol. The molecule has 0 radical (unpaired) electrons. The largest absolute Gasteiger partial charge is 0.366 e. The summed E-state index contributed by atoms with van der Waals surface area (Å²) >= 11 is 0. The Labute approximate surface area is 145 Å². The van der Waals surface area contributed by atoms with Gasteiger partial charge in [0, 0.05) is 38.1 Å². The molecule has 3 saturated heterocycles. The zero-order valence-corrected chi connectivity index (χ0v) is 15.2. The Kier molecular flexibility index (Phi) is 4.65. The molecule has 3 aliphatic heterocycles. The molecule has 1 saturated carbocycles. The van der Waals surface area contributed by atoms with Crippen molar-refractivity contribution in [2.24, 2.45) is 5.92 Å². The number of epoxide rings is 2. The Hall–Kier alpha value is -0.240. The van der Waals surface area contributed by atoms with Gasteiger partial charge in [0.05, 0.1) is 5.60 Å². The highest BCUT2D eigenvalue weighted by molar-refractivity contribution is 4.96. The standard InChI is InChI=1S/C18H32N2O4/c1-18(2,3)24-17-15(23-17)20-10-8-19(9-11-20)13-7-5-4-6-12(13)14-16(21)22-14/h12-17,21H,4-11H2,1-3H3. The molecular formula is C18H32N2O4. The van der Waals surface area contributed by atoms with Gasteiger partial charge in [0.1, 0.15) is 6.10 Å². The van der Waals surface area contributed by atoms with Crippen LogP contribution in [0.15, 0.2) is 0 Å². The number of rotatable bonds is 4. The summed E-state index contributed by atoms with van der Waals surface area (Å²) in [5.74, 6) is 0.509. The Balaban J connectivity index is 1.27. The van der Waals surface area contributed by atoms with Crippen LogP contribution in [0.1, 0.15) is 46.5 Å². The number of hydrogen-bond acceptors (Lipinski definition) is 6. The fourth-order valence-electron chi connectivity index (χ4n) is 4.51. The van der Waals surface area contributed by atoms with E-state index in [-0.39, 0.29) is 24.2 Å². The van der Waals surface area contributed by atoms with Crippen molar-refractivity contribution in [1.82, 2.24) is 9.80 Å². The molecule has 1 aliphatic carbocycles. The van der Waals surface area contributed by atoms with Crippen molar-refractivity contribution in [2.75, 3.05) is 26.2 Å². The molecule has 6 nitrogen and oxygen atoms in total. The van der Waals surface area contributed by atoms with Crippen LogP contribution in [0.4, 0.5) is 0 Å². The number of hydrogen-bond donors (Lipinski definition) is 1. The predicted molar refractivity (Wildman–Crippen MR) is 89.3 cm³/mol. The lowest BCUT2D eigenvalue weighted by Gasteiger charge is -2.43. The van der Waals surface area contributed by atoms with Gasteiger partial charge in [-0.2, -0.15) is 0 Å². The van der Waals surface area contributed by atoms with E-state index in [0.717, 1.165) is 26.2 Å². The van der Waals surface area contributed by atoms with E-state index in [1.807, 2.05) is 0 Å². The number of piperazine rings is 1. The van der Waals surface area contributed by atoms with Gasteiger partial charge in [-0.05, 0) is 33.6 Å². The minimum atomic E-state index is -0.507. The average Bonchev–Trinajstić information content (AvgIpc) is 3.44. The van der Waals surface area contributed by atoms with Gasteiger partial charge in [0.25, 0.3) is 0 Å². The van der Waals surface area contributed by atoms with Crippen molar-refractivity contribution in [3.05, 3.63) is 0 Å². The lowest BCUT2D eigenvalue weighted by molar-refractivity contribution is -0.0582. The number of aliphatic hydroxyl groups excluding tert-OH is 1. The maximum atomic E-state index is 9.66. The quantitative estimate of drug-likeness (QED) is 0.780. The van der Waals surface area contributed by atoms with Crippen LogP contribution in [0.25, 0.3) is 0 Å². The molecule has 138 valence electrons. The fourth-order valence-corrected chi connectivity index (χ4v) is 4.51. The van der Waals surface area contributed by atoms with Gasteiger partial charge in [-0.1, -0.05) is 12.8 Å².